The summed E-state index contributed by atoms with van der Waals surface area (Å²) >= 11 is 3.43. The Morgan fingerprint density at radius 1 is 1.32 bits per heavy atom. The summed E-state index contributed by atoms with van der Waals surface area (Å²) in [5.41, 5.74) is 7.46. The van der Waals surface area contributed by atoms with Gasteiger partial charge in [0.25, 0.3) is 5.91 Å². The van der Waals surface area contributed by atoms with E-state index in [2.05, 4.69) is 15.9 Å². The standard InChI is InChI=1S/C16H20BrN3O.ClH/c1-2-19-12-14(17)10-15(19)16(21)20(9-8-18)11-13-6-4-3-5-7-13;/h3-7,10,12H,2,8-9,11,18H2,1H3;1H. The van der Waals surface area contributed by atoms with E-state index in [0.717, 1.165) is 16.6 Å². The van der Waals surface area contributed by atoms with Gasteiger partial charge in [0.05, 0.1) is 0 Å². The van der Waals surface area contributed by atoms with Crippen molar-refractivity contribution in [1.29, 1.82) is 0 Å². The molecule has 4 nitrogen and oxygen atoms in total. The molecule has 1 heterocycles. The van der Waals surface area contributed by atoms with Crippen LogP contribution in [0.25, 0.3) is 0 Å². The molecule has 6 heteroatoms. The molecule has 1 amide bonds. The van der Waals surface area contributed by atoms with Gasteiger partial charge in [-0.3, -0.25) is 4.79 Å². The predicted octanol–water partition coefficient (Wildman–Crippen LogP) is 3.29. The predicted molar refractivity (Wildman–Crippen MR) is 95.3 cm³/mol. The maximum Gasteiger partial charge on any atom is 0.270 e. The van der Waals surface area contributed by atoms with Gasteiger partial charge in [0.15, 0.2) is 0 Å². The first kappa shape index (κ1) is 18.7. The summed E-state index contributed by atoms with van der Waals surface area (Å²) in [5.74, 6) is 0.0110. The average molecular weight is 387 g/mol. The van der Waals surface area contributed by atoms with Gasteiger partial charge in [0, 0.05) is 36.8 Å². The zero-order valence-corrected chi connectivity index (χ0v) is 14.9. The van der Waals surface area contributed by atoms with Gasteiger partial charge >= 0.3 is 0 Å². The Morgan fingerprint density at radius 2 is 2.00 bits per heavy atom. The molecule has 2 N–H and O–H groups in total. The number of aromatic nitrogens is 1. The van der Waals surface area contributed by atoms with Crippen LogP contribution in [0, 0.1) is 0 Å². The highest BCUT2D eigenvalue weighted by Gasteiger charge is 2.19. The molecule has 0 unspecified atom stereocenters. The van der Waals surface area contributed by atoms with Crippen LogP contribution in [0.4, 0.5) is 0 Å². The third-order valence-corrected chi connectivity index (χ3v) is 3.76. The number of hydrogen-bond donors (Lipinski definition) is 1. The molecule has 2 aromatic rings. The Kier molecular flexibility index (Phi) is 7.65. The largest absolute Gasteiger partial charge is 0.343 e. The Morgan fingerprint density at radius 3 is 2.59 bits per heavy atom. The van der Waals surface area contributed by atoms with Crippen molar-refractivity contribution in [2.24, 2.45) is 5.73 Å². The normalized spacial score (nSPS) is 10.1. The van der Waals surface area contributed by atoms with E-state index in [1.165, 1.54) is 0 Å². The summed E-state index contributed by atoms with van der Waals surface area (Å²) in [5, 5.41) is 0. The van der Waals surface area contributed by atoms with Crippen LogP contribution >= 0.6 is 28.3 Å². The minimum atomic E-state index is 0. The summed E-state index contributed by atoms with van der Waals surface area (Å²) in [6.07, 6.45) is 1.93. The fourth-order valence-electron chi connectivity index (χ4n) is 2.29. The molecule has 0 radical (unpaired) electrons. The minimum Gasteiger partial charge on any atom is -0.343 e. The summed E-state index contributed by atoms with van der Waals surface area (Å²) < 4.78 is 2.86. The summed E-state index contributed by atoms with van der Waals surface area (Å²) in [7, 11) is 0. The zero-order valence-electron chi connectivity index (χ0n) is 12.5. The number of benzene rings is 1. The highest BCUT2D eigenvalue weighted by molar-refractivity contribution is 9.10. The number of carbonyl (C=O) groups excluding carboxylic acids is 1. The molecule has 0 saturated carbocycles. The quantitative estimate of drug-likeness (QED) is 0.828. The molecule has 120 valence electrons. The Balaban J connectivity index is 0.00000242. The second-order valence-corrected chi connectivity index (χ2v) is 5.75. The smallest absolute Gasteiger partial charge is 0.270 e. The first-order valence-electron chi connectivity index (χ1n) is 7.04. The number of halogens is 2. The van der Waals surface area contributed by atoms with Crippen molar-refractivity contribution in [1.82, 2.24) is 9.47 Å². The lowest BCUT2D eigenvalue weighted by molar-refractivity contribution is 0.0737. The molecule has 1 aromatic heterocycles. The number of rotatable bonds is 6. The van der Waals surface area contributed by atoms with Crippen molar-refractivity contribution in [3.63, 3.8) is 0 Å². The van der Waals surface area contributed by atoms with Gasteiger partial charge in [-0.1, -0.05) is 30.3 Å². The number of hydrogen-bond acceptors (Lipinski definition) is 2. The number of carbonyl (C=O) groups is 1. The SMILES string of the molecule is CCn1cc(Br)cc1C(=O)N(CCN)Cc1ccccc1.Cl. The number of nitrogens with zero attached hydrogens (tertiary/aromatic N) is 2. The van der Waals surface area contributed by atoms with Gasteiger partial charge in [-0.15, -0.1) is 12.4 Å². The molecule has 0 saturated heterocycles. The summed E-state index contributed by atoms with van der Waals surface area (Å²) in [4.78, 5) is 14.6. The second-order valence-electron chi connectivity index (χ2n) is 4.83. The van der Waals surface area contributed by atoms with E-state index in [-0.39, 0.29) is 18.3 Å². The molecular formula is C16H21BrClN3O. The van der Waals surface area contributed by atoms with Crippen LogP contribution in [-0.4, -0.2) is 28.5 Å². The van der Waals surface area contributed by atoms with Crippen LogP contribution < -0.4 is 5.73 Å². The maximum atomic E-state index is 12.8. The van der Waals surface area contributed by atoms with Crippen LogP contribution in [0.3, 0.4) is 0 Å². The van der Waals surface area contributed by atoms with Gasteiger partial charge < -0.3 is 15.2 Å². The fraction of sp³-hybridized carbons (Fsp3) is 0.312. The molecule has 0 aliphatic carbocycles. The van der Waals surface area contributed by atoms with Crippen molar-refractivity contribution in [3.05, 3.63) is 58.3 Å². The van der Waals surface area contributed by atoms with Crippen molar-refractivity contribution in [2.75, 3.05) is 13.1 Å². The molecule has 2 rings (SSSR count). The topological polar surface area (TPSA) is 51.3 Å². The third kappa shape index (κ3) is 4.60. The highest BCUT2D eigenvalue weighted by Crippen LogP contribution is 2.17. The van der Waals surface area contributed by atoms with E-state index < -0.39 is 0 Å². The first-order chi connectivity index (χ1) is 10.2. The molecule has 22 heavy (non-hydrogen) atoms. The Bertz CT molecular complexity index is 601. The molecule has 0 spiro atoms. The average Bonchev–Trinajstić information content (AvgIpc) is 2.88. The second kappa shape index (κ2) is 8.98. The van der Waals surface area contributed by atoms with Crippen molar-refractivity contribution in [2.45, 2.75) is 20.0 Å². The van der Waals surface area contributed by atoms with E-state index in [4.69, 9.17) is 5.73 Å². The Hall–Kier alpha value is -1.30. The highest BCUT2D eigenvalue weighted by atomic mass is 79.9. The zero-order chi connectivity index (χ0) is 15.2. The van der Waals surface area contributed by atoms with E-state index in [0.29, 0.717) is 25.3 Å². The number of aryl methyl sites for hydroxylation is 1. The van der Waals surface area contributed by atoms with Gasteiger partial charge in [0.2, 0.25) is 0 Å². The van der Waals surface area contributed by atoms with Crippen molar-refractivity contribution in [3.8, 4) is 0 Å². The monoisotopic (exact) mass is 385 g/mol. The molecule has 0 aliphatic heterocycles. The fourth-order valence-corrected chi connectivity index (χ4v) is 2.75. The molecule has 0 fully saturated rings. The first-order valence-corrected chi connectivity index (χ1v) is 7.84. The lowest BCUT2D eigenvalue weighted by Crippen LogP contribution is -2.36. The van der Waals surface area contributed by atoms with Crippen LogP contribution in [0.2, 0.25) is 0 Å². The van der Waals surface area contributed by atoms with Crippen molar-refractivity contribution >= 4 is 34.2 Å². The maximum absolute atomic E-state index is 12.8. The number of nitrogens with two attached hydrogens (primary N) is 1. The lowest BCUT2D eigenvalue weighted by atomic mass is 10.2. The van der Waals surface area contributed by atoms with Gasteiger partial charge in [-0.05, 0) is 34.5 Å². The van der Waals surface area contributed by atoms with E-state index in [1.54, 1.807) is 4.90 Å². The van der Waals surface area contributed by atoms with Crippen LogP contribution in [-0.2, 0) is 13.1 Å². The molecular weight excluding hydrogens is 366 g/mol. The summed E-state index contributed by atoms with van der Waals surface area (Å²) in [6.45, 7) is 4.35. The summed E-state index contributed by atoms with van der Waals surface area (Å²) in [6, 6.07) is 11.8. The van der Waals surface area contributed by atoms with E-state index >= 15 is 0 Å². The number of amides is 1. The minimum absolute atomic E-state index is 0. The molecule has 0 bridgehead atoms. The van der Waals surface area contributed by atoms with Crippen LogP contribution in [0.15, 0.2) is 47.1 Å². The van der Waals surface area contributed by atoms with E-state index in [9.17, 15) is 4.79 Å². The molecule has 0 atom stereocenters. The van der Waals surface area contributed by atoms with Gasteiger partial charge in [-0.25, -0.2) is 0 Å². The lowest BCUT2D eigenvalue weighted by Gasteiger charge is -2.22. The van der Waals surface area contributed by atoms with Crippen LogP contribution in [0.5, 0.6) is 0 Å². The van der Waals surface area contributed by atoms with E-state index in [1.807, 2.05) is 54.1 Å². The third-order valence-electron chi connectivity index (χ3n) is 3.33. The van der Waals surface area contributed by atoms with Gasteiger partial charge in [0.1, 0.15) is 5.69 Å². The molecule has 1 aromatic carbocycles. The molecule has 0 aliphatic rings. The van der Waals surface area contributed by atoms with Crippen LogP contribution in [0.1, 0.15) is 23.0 Å². The van der Waals surface area contributed by atoms with Gasteiger partial charge in [-0.2, -0.15) is 0 Å². The van der Waals surface area contributed by atoms with Crippen molar-refractivity contribution < 1.29 is 4.79 Å². The Labute approximate surface area is 145 Å².